The highest BCUT2D eigenvalue weighted by Crippen LogP contribution is 2.23. The molecule has 2 N–H and O–H groups in total. The summed E-state index contributed by atoms with van der Waals surface area (Å²) in [5.74, 6) is 0.874. The molecule has 1 saturated heterocycles. The molecule has 0 radical (unpaired) electrons. The van der Waals surface area contributed by atoms with Crippen LogP contribution in [-0.4, -0.2) is 25.2 Å². The molecule has 2 unspecified atom stereocenters. The predicted octanol–water partition coefficient (Wildman–Crippen LogP) is 1.13. The maximum Gasteiger partial charge on any atom is 0.0122 e. The van der Waals surface area contributed by atoms with Crippen molar-refractivity contribution in [3.05, 3.63) is 0 Å². The first-order valence-electron chi connectivity index (χ1n) is 5.37. The highest BCUT2D eigenvalue weighted by Gasteiger charge is 2.29. The fraction of sp³-hybridized carbons (Fsp3) is 1.00. The van der Waals surface area contributed by atoms with Crippen molar-refractivity contribution in [2.45, 2.75) is 44.7 Å². The van der Waals surface area contributed by atoms with E-state index in [4.69, 9.17) is 0 Å². The quantitative estimate of drug-likeness (QED) is 0.660. The summed E-state index contributed by atoms with van der Waals surface area (Å²) in [6.07, 6.45) is 5.48. The average Bonchev–Trinajstić information content (AvgIpc) is 2.89. The molecular formula is C10H20N2. The first-order chi connectivity index (χ1) is 5.90. The number of nitrogens with one attached hydrogen (secondary N) is 2. The van der Waals surface area contributed by atoms with Crippen LogP contribution in [0.2, 0.25) is 0 Å². The van der Waals surface area contributed by atoms with Gasteiger partial charge in [-0.1, -0.05) is 13.3 Å². The minimum atomic E-state index is 0.809. The van der Waals surface area contributed by atoms with E-state index in [9.17, 15) is 0 Å². The predicted molar refractivity (Wildman–Crippen MR) is 51.2 cm³/mol. The molecule has 1 aliphatic carbocycles. The third-order valence-corrected chi connectivity index (χ3v) is 3.16. The van der Waals surface area contributed by atoms with Gasteiger partial charge in [0.25, 0.3) is 0 Å². The smallest absolute Gasteiger partial charge is 0.0122 e. The van der Waals surface area contributed by atoms with Crippen LogP contribution in [0.1, 0.15) is 32.6 Å². The summed E-state index contributed by atoms with van der Waals surface area (Å²) in [6.45, 7) is 4.74. The zero-order valence-corrected chi connectivity index (χ0v) is 7.97. The van der Waals surface area contributed by atoms with Crippen molar-refractivity contribution in [2.24, 2.45) is 5.92 Å². The monoisotopic (exact) mass is 168 g/mol. The Labute approximate surface area is 75.1 Å². The lowest BCUT2D eigenvalue weighted by atomic mass is 9.91. The van der Waals surface area contributed by atoms with Gasteiger partial charge in [0.15, 0.2) is 0 Å². The lowest BCUT2D eigenvalue weighted by Gasteiger charge is -2.32. The van der Waals surface area contributed by atoms with Crippen LogP contribution in [0.3, 0.4) is 0 Å². The van der Waals surface area contributed by atoms with Gasteiger partial charge in [0.2, 0.25) is 0 Å². The Morgan fingerprint density at radius 3 is 2.83 bits per heavy atom. The van der Waals surface area contributed by atoms with Crippen molar-refractivity contribution in [3.8, 4) is 0 Å². The first-order valence-corrected chi connectivity index (χ1v) is 5.37. The molecule has 2 heteroatoms. The van der Waals surface area contributed by atoms with Gasteiger partial charge in [-0.25, -0.2) is 0 Å². The van der Waals surface area contributed by atoms with Crippen molar-refractivity contribution >= 4 is 0 Å². The first kappa shape index (κ1) is 8.52. The van der Waals surface area contributed by atoms with Crippen molar-refractivity contribution in [2.75, 3.05) is 13.1 Å². The Morgan fingerprint density at radius 1 is 1.33 bits per heavy atom. The largest absolute Gasteiger partial charge is 0.316 e. The van der Waals surface area contributed by atoms with E-state index in [0.717, 1.165) is 18.0 Å². The van der Waals surface area contributed by atoms with Crippen LogP contribution < -0.4 is 10.6 Å². The Balaban J connectivity index is 1.81. The van der Waals surface area contributed by atoms with Gasteiger partial charge in [0.1, 0.15) is 0 Å². The van der Waals surface area contributed by atoms with Gasteiger partial charge in [0, 0.05) is 12.1 Å². The van der Waals surface area contributed by atoms with Gasteiger partial charge in [-0.05, 0) is 38.3 Å². The second-order valence-corrected chi connectivity index (χ2v) is 4.21. The Bertz CT molecular complexity index is 143. The third-order valence-electron chi connectivity index (χ3n) is 3.16. The Kier molecular flexibility index (Phi) is 2.66. The fourth-order valence-electron chi connectivity index (χ4n) is 2.12. The second-order valence-electron chi connectivity index (χ2n) is 4.21. The molecule has 2 fully saturated rings. The van der Waals surface area contributed by atoms with E-state index in [2.05, 4.69) is 17.6 Å². The molecule has 0 amide bonds. The zero-order valence-electron chi connectivity index (χ0n) is 7.97. The van der Waals surface area contributed by atoms with E-state index in [1.807, 2.05) is 0 Å². The molecule has 2 rings (SSSR count). The maximum absolute atomic E-state index is 3.75. The summed E-state index contributed by atoms with van der Waals surface area (Å²) in [5, 5.41) is 7.22. The van der Waals surface area contributed by atoms with Crippen molar-refractivity contribution < 1.29 is 0 Å². The van der Waals surface area contributed by atoms with Crippen molar-refractivity contribution in [3.63, 3.8) is 0 Å². The topological polar surface area (TPSA) is 24.1 Å². The molecule has 1 saturated carbocycles. The van der Waals surface area contributed by atoms with Crippen LogP contribution in [0.4, 0.5) is 0 Å². The van der Waals surface area contributed by atoms with Gasteiger partial charge in [-0.2, -0.15) is 0 Å². The lowest BCUT2D eigenvalue weighted by Crippen LogP contribution is -2.47. The summed E-state index contributed by atoms with van der Waals surface area (Å²) in [6, 6.07) is 1.69. The number of hydrogen-bond donors (Lipinski definition) is 2. The van der Waals surface area contributed by atoms with E-state index >= 15 is 0 Å². The molecule has 0 spiro atoms. The highest BCUT2D eigenvalue weighted by molar-refractivity contribution is 4.90. The molecule has 2 atom stereocenters. The van der Waals surface area contributed by atoms with Gasteiger partial charge in [-0.15, -0.1) is 0 Å². The molecule has 70 valence electrons. The van der Waals surface area contributed by atoms with E-state index in [0.29, 0.717) is 0 Å². The third kappa shape index (κ3) is 1.99. The molecule has 12 heavy (non-hydrogen) atoms. The van der Waals surface area contributed by atoms with Crippen LogP contribution in [0.5, 0.6) is 0 Å². The van der Waals surface area contributed by atoms with Crippen LogP contribution in [-0.2, 0) is 0 Å². The number of hydrogen-bond acceptors (Lipinski definition) is 2. The molecule has 1 aliphatic heterocycles. The zero-order chi connectivity index (χ0) is 8.39. The van der Waals surface area contributed by atoms with E-state index in [1.54, 1.807) is 0 Å². The molecule has 0 bridgehead atoms. The summed E-state index contributed by atoms with van der Waals surface area (Å²) in [4.78, 5) is 0. The lowest BCUT2D eigenvalue weighted by molar-refractivity contribution is 0.270. The average molecular weight is 168 g/mol. The normalized spacial score (nSPS) is 36.8. The standard InChI is InChI=1S/C10H20N2/c1-2-8-7-11-6-5-10(8)12-9-3-4-9/h8-12H,2-7H2,1H3. The minimum Gasteiger partial charge on any atom is -0.316 e. The molecular weight excluding hydrogens is 148 g/mol. The maximum atomic E-state index is 3.75. The van der Waals surface area contributed by atoms with Gasteiger partial charge in [0.05, 0.1) is 0 Å². The highest BCUT2D eigenvalue weighted by atomic mass is 15.0. The summed E-state index contributed by atoms with van der Waals surface area (Å²) >= 11 is 0. The molecule has 2 aliphatic rings. The molecule has 0 aromatic heterocycles. The van der Waals surface area contributed by atoms with Gasteiger partial charge >= 0.3 is 0 Å². The Morgan fingerprint density at radius 2 is 2.17 bits per heavy atom. The molecule has 2 nitrogen and oxygen atoms in total. The van der Waals surface area contributed by atoms with Crippen LogP contribution in [0.15, 0.2) is 0 Å². The fourth-order valence-corrected chi connectivity index (χ4v) is 2.12. The van der Waals surface area contributed by atoms with E-state index in [1.165, 1.54) is 38.8 Å². The molecule has 0 aromatic carbocycles. The minimum absolute atomic E-state index is 0.809. The van der Waals surface area contributed by atoms with Crippen LogP contribution in [0.25, 0.3) is 0 Å². The van der Waals surface area contributed by atoms with Crippen LogP contribution >= 0.6 is 0 Å². The summed E-state index contributed by atoms with van der Waals surface area (Å²) in [7, 11) is 0. The summed E-state index contributed by atoms with van der Waals surface area (Å²) in [5.41, 5.74) is 0. The van der Waals surface area contributed by atoms with Gasteiger partial charge < -0.3 is 10.6 Å². The molecule has 1 heterocycles. The number of rotatable bonds is 3. The van der Waals surface area contributed by atoms with E-state index in [-0.39, 0.29) is 0 Å². The van der Waals surface area contributed by atoms with Gasteiger partial charge in [-0.3, -0.25) is 0 Å². The summed E-state index contributed by atoms with van der Waals surface area (Å²) < 4.78 is 0. The second kappa shape index (κ2) is 3.75. The van der Waals surface area contributed by atoms with Crippen molar-refractivity contribution in [1.29, 1.82) is 0 Å². The SMILES string of the molecule is CCC1CNCCC1NC1CC1. The number of piperidine rings is 1. The van der Waals surface area contributed by atoms with E-state index < -0.39 is 0 Å². The van der Waals surface area contributed by atoms with Crippen LogP contribution in [0, 0.1) is 5.92 Å². The Hall–Kier alpha value is -0.0800. The van der Waals surface area contributed by atoms with Crippen molar-refractivity contribution in [1.82, 2.24) is 10.6 Å². The molecule has 0 aromatic rings.